The van der Waals surface area contributed by atoms with Gasteiger partial charge in [-0.1, -0.05) is 36.4 Å². The first-order valence-corrected chi connectivity index (χ1v) is 5.89. The minimum Gasteiger partial charge on any atom is -0.510 e. The van der Waals surface area contributed by atoms with Crippen LogP contribution in [0.3, 0.4) is 0 Å². The zero-order chi connectivity index (χ0) is 12.5. The van der Waals surface area contributed by atoms with E-state index in [-0.39, 0.29) is 18.1 Å². The number of fused-ring (bicyclic) bond motifs is 1. The number of amides is 1. The number of hydrogen-bond donors (Lipinski definition) is 1. The Hall–Kier alpha value is -2.29. The molecule has 3 heteroatoms. The largest absolute Gasteiger partial charge is 0.510 e. The molecule has 1 amide bonds. The van der Waals surface area contributed by atoms with Crippen molar-refractivity contribution in [3.63, 3.8) is 0 Å². The highest BCUT2D eigenvalue weighted by atomic mass is 16.3. The van der Waals surface area contributed by atoms with E-state index < -0.39 is 0 Å². The molecule has 0 spiro atoms. The van der Waals surface area contributed by atoms with Crippen molar-refractivity contribution in [2.75, 3.05) is 0 Å². The van der Waals surface area contributed by atoms with Crippen LogP contribution in [-0.4, -0.2) is 15.9 Å². The van der Waals surface area contributed by atoms with Crippen LogP contribution in [0.25, 0.3) is 10.8 Å². The molecule has 2 aromatic carbocycles. The lowest BCUT2D eigenvalue weighted by Crippen LogP contribution is -2.20. The monoisotopic (exact) mass is 239 g/mol. The molecule has 18 heavy (non-hydrogen) atoms. The molecule has 0 aliphatic carbocycles. The minimum absolute atomic E-state index is 0.0549. The third-order valence-corrected chi connectivity index (χ3v) is 3.12. The van der Waals surface area contributed by atoms with E-state index in [1.54, 1.807) is 4.90 Å². The van der Waals surface area contributed by atoms with Crippen molar-refractivity contribution in [1.29, 1.82) is 0 Å². The number of carbonyl (C=O) groups excluding carboxylic acids is 1. The third-order valence-electron chi connectivity index (χ3n) is 3.12. The van der Waals surface area contributed by atoms with E-state index in [0.717, 1.165) is 10.9 Å². The van der Waals surface area contributed by atoms with E-state index >= 15 is 0 Å². The highest BCUT2D eigenvalue weighted by molar-refractivity contribution is 5.84. The van der Waals surface area contributed by atoms with Gasteiger partial charge in [0.15, 0.2) is 0 Å². The van der Waals surface area contributed by atoms with Crippen molar-refractivity contribution in [3.8, 4) is 0 Å². The van der Waals surface area contributed by atoms with Crippen LogP contribution in [0.5, 0.6) is 0 Å². The number of aliphatic hydroxyl groups is 1. The molecule has 2 aromatic rings. The van der Waals surface area contributed by atoms with Gasteiger partial charge in [-0.15, -0.1) is 0 Å². The molecule has 1 aliphatic rings. The zero-order valence-corrected chi connectivity index (χ0v) is 9.84. The number of carbonyl (C=O) groups is 1. The van der Waals surface area contributed by atoms with Gasteiger partial charge in [0.05, 0.1) is 13.0 Å². The fraction of sp³-hybridized carbons (Fsp3) is 0.133. The summed E-state index contributed by atoms with van der Waals surface area (Å²) >= 11 is 0. The van der Waals surface area contributed by atoms with Gasteiger partial charge in [0.1, 0.15) is 5.76 Å². The summed E-state index contributed by atoms with van der Waals surface area (Å²) < 4.78 is 0. The maximum atomic E-state index is 11.6. The van der Waals surface area contributed by atoms with Gasteiger partial charge in [-0.2, -0.15) is 0 Å². The number of rotatable bonds is 2. The average Bonchev–Trinajstić information content (AvgIpc) is 2.68. The SMILES string of the molecule is O=C1CC(O)=CN1Cc1ccc2ccccc2c1. The van der Waals surface area contributed by atoms with Crippen LogP contribution in [0, 0.1) is 0 Å². The van der Waals surface area contributed by atoms with Gasteiger partial charge < -0.3 is 10.0 Å². The van der Waals surface area contributed by atoms with Gasteiger partial charge in [-0.25, -0.2) is 0 Å². The Bertz CT molecular complexity index is 646. The number of nitrogens with zero attached hydrogens (tertiary/aromatic N) is 1. The topological polar surface area (TPSA) is 40.5 Å². The molecule has 0 unspecified atom stereocenters. The molecule has 0 radical (unpaired) electrons. The maximum Gasteiger partial charge on any atom is 0.234 e. The second kappa shape index (κ2) is 4.18. The Kier molecular flexibility index (Phi) is 2.52. The van der Waals surface area contributed by atoms with Crippen LogP contribution >= 0.6 is 0 Å². The van der Waals surface area contributed by atoms with Crippen molar-refractivity contribution in [2.45, 2.75) is 13.0 Å². The first-order chi connectivity index (χ1) is 8.72. The van der Waals surface area contributed by atoms with Crippen LogP contribution in [-0.2, 0) is 11.3 Å². The molecule has 90 valence electrons. The highest BCUT2D eigenvalue weighted by Crippen LogP contribution is 2.20. The van der Waals surface area contributed by atoms with Crippen LogP contribution in [0.4, 0.5) is 0 Å². The molecule has 3 nitrogen and oxygen atoms in total. The number of benzene rings is 2. The lowest BCUT2D eigenvalue weighted by molar-refractivity contribution is -0.127. The van der Waals surface area contributed by atoms with Crippen LogP contribution < -0.4 is 0 Å². The Morgan fingerprint density at radius 3 is 2.61 bits per heavy atom. The first-order valence-electron chi connectivity index (χ1n) is 5.89. The molecule has 1 heterocycles. The summed E-state index contributed by atoms with van der Waals surface area (Å²) in [6.45, 7) is 0.508. The van der Waals surface area contributed by atoms with E-state index in [1.807, 2.05) is 18.2 Å². The average molecular weight is 239 g/mol. The maximum absolute atomic E-state index is 11.6. The van der Waals surface area contributed by atoms with Crippen molar-refractivity contribution in [3.05, 3.63) is 60.0 Å². The molecule has 0 atom stereocenters. The smallest absolute Gasteiger partial charge is 0.234 e. The number of hydrogen-bond acceptors (Lipinski definition) is 2. The van der Waals surface area contributed by atoms with Crippen LogP contribution in [0.2, 0.25) is 0 Å². The molecule has 0 fully saturated rings. The van der Waals surface area contributed by atoms with E-state index in [0.29, 0.717) is 6.54 Å². The first kappa shape index (κ1) is 10.8. The van der Waals surface area contributed by atoms with Crippen LogP contribution in [0.1, 0.15) is 12.0 Å². The summed E-state index contributed by atoms with van der Waals surface area (Å²) in [5.74, 6) is 0.0847. The van der Waals surface area contributed by atoms with E-state index in [9.17, 15) is 9.90 Å². The molecule has 1 aliphatic heterocycles. The van der Waals surface area contributed by atoms with Gasteiger partial charge in [0, 0.05) is 6.20 Å². The second-order valence-electron chi connectivity index (χ2n) is 4.50. The predicted octanol–water partition coefficient (Wildman–Crippen LogP) is 2.97. The summed E-state index contributed by atoms with van der Waals surface area (Å²) in [6, 6.07) is 14.3. The van der Waals surface area contributed by atoms with Gasteiger partial charge in [-0.05, 0) is 22.4 Å². The lowest BCUT2D eigenvalue weighted by atomic mass is 10.1. The summed E-state index contributed by atoms with van der Waals surface area (Å²) in [4.78, 5) is 13.1. The van der Waals surface area contributed by atoms with Crippen molar-refractivity contribution < 1.29 is 9.90 Å². The van der Waals surface area contributed by atoms with Crippen LogP contribution in [0.15, 0.2) is 54.4 Å². The van der Waals surface area contributed by atoms with E-state index in [4.69, 9.17) is 0 Å². The highest BCUT2D eigenvalue weighted by Gasteiger charge is 2.20. The van der Waals surface area contributed by atoms with Gasteiger partial charge in [0.2, 0.25) is 5.91 Å². The summed E-state index contributed by atoms with van der Waals surface area (Å²) in [5, 5.41) is 11.7. The molecule has 0 saturated carbocycles. The van der Waals surface area contributed by atoms with Gasteiger partial charge in [-0.3, -0.25) is 4.79 Å². The fourth-order valence-corrected chi connectivity index (χ4v) is 2.22. The Balaban J connectivity index is 1.89. The minimum atomic E-state index is -0.0549. The molecule has 0 saturated heterocycles. The predicted molar refractivity (Wildman–Crippen MR) is 69.8 cm³/mol. The Morgan fingerprint density at radius 2 is 1.89 bits per heavy atom. The third kappa shape index (κ3) is 1.95. The zero-order valence-electron chi connectivity index (χ0n) is 9.84. The molecule has 3 rings (SSSR count). The summed E-state index contributed by atoms with van der Waals surface area (Å²) in [7, 11) is 0. The number of aliphatic hydroxyl groups excluding tert-OH is 1. The van der Waals surface area contributed by atoms with Crippen molar-refractivity contribution in [2.24, 2.45) is 0 Å². The normalized spacial score (nSPS) is 15.2. The Labute approximate surface area is 105 Å². The summed E-state index contributed by atoms with van der Waals surface area (Å²) in [6.07, 6.45) is 1.63. The standard InChI is InChI=1S/C15H13NO2/c17-14-8-15(18)16(10-14)9-11-5-6-12-3-1-2-4-13(12)7-11/h1-7,10,17H,8-9H2. The molecule has 1 N–H and O–H groups in total. The summed E-state index contributed by atoms with van der Waals surface area (Å²) in [5.41, 5.74) is 1.06. The fourth-order valence-electron chi connectivity index (χ4n) is 2.22. The van der Waals surface area contributed by atoms with E-state index in [2.05, 4.69) is 24.3 Å². The van der Waals surface area contributed by atoms with E-state index in [1.165, 1.54) is 11.6 Å². The quantitative estimate of drug-likeness (QED) is 0.875. The van der Waals surface area contributed by atoms with Crippen molar-refractivity contribution >= 4 is 16.7 Å². The second-order valence-corrected chi connectivity index (χ2v) is 4.50. The Morgan fingerprint density at radius 1 is 1.11 bits per heavy atom. The molecular formula is C15H13NO2. The van der Waals surface area contributed by atoms with Crippen molar-refractivity contribution in [1.82, 2.24) is 4.90 Å². The molecule has 0 bridgehead atoms. The lowest BCUT2D eigenvalue weighted by Gasteiger charge is -2.13. The molecular weight excluding hydrogens is 226 g/mol. The van der Waals surface area contributed by atoms with Gasteiger partial charge in [0.25, 0.3) is 0 Å². The van der Waals surface area contributed by atoms with Gasteiger partial charge >= 0.3 is 0 Å². The molecule has 0 aromatic heterocycles.